The number of nitrogens with zero attached hydrogens (tertiary/aromatic N) is 4. The minimum Gasteiger partial charge on any atom is -0.497 e. The number of rotatable bonds is 5. The smallest absolute Gasteiger partial charge is 0.320 e. The molecule has 3 rings (SSSR count). The molecule has 0 unspecified atom stereocenters. The zero-order valence-electron chi connectivity index (χ0n) is 16.4. The number of fused-ring (bicyclic) bond motifs is 1. The lowest BCUT2D eigenvalue weighted by molar-refractivity contribution is 0.254. The molecule has 1 aromatic carbocycles. The van der Waals surface area contributed by atoms with Crippen LogP contribution in [0.5, 0.6) is 11.5 Å². The van der Waals surface area contributed by atoms with Gasteiger partial charge in [-0.1, -0.05) is 0 Å². The quantitative estimate of drug-likeness (QED) is 0.699. The van der Waals surface area contributed by atoms with Crippen LogP contribution in [-0.2, 0) is 0 Å². The maximum Gasteiger partial charge on any atom is 0.320 e. The molecule has 3 aromatic rings. The van der Waals surface area contributed by atoms with Gasteiger partial charge in [0.25, 0.3) is 0 Å². The molecular weight excluding hydrogens is 360 g/mol. The molecule has 2 heterocycles. The molecule has 9 heteroatoms. The van der Waals surface area contributed by atoms with Crippen LogP contribution in [0.1, 0.15) is 0 Å². The molecule has 2 N–H and O–H groups in total. The first-order valence-corrected chi connectivity index (χ1v) is 8.52. The molecule has 0 bridgehead atoms. The summed E-state index contributed by atoms with van der Waals surface area (Å²) < 4.78 is 10.7. The van der Waals surface area contributed by atoms with E-state index in [-0.39, 0.29) is 6.03 Å². The molecule has 0 atom stereocenters. The van der Waals surface area contributed by atoms with Crippen molar-refractivity contribution in [3.05, 3.63) is 30.5 Å². The second kappa shape index (κ2) is 7.95. The van der Waals surface area contributed by atoms with Crippen molar-refractivity contribution in [2.75, 3.05) is 45.6 Å². The Labute approximate surface area is 162 Å². The van der Waals surface area contributed by atoms with Gasteiger partial charge in [-0.3, -0.25) is 5.32 Å². The number of hydrogen-bond acceptors (Lipinski definition) is 7. The summed E-state index contributed by atoms with van der Waals surface area (Å²) in [5.41, 5.74) is 1.94. The van der Waals surface area contributed by atoms with Gasteiger partial charge in [0.1, 0.15) is 17.3 Å². The van der Waals surface area contributed by atoms with E-state index in [1.165, 1.54) is 7.05 Å². The van der Waals surface area contributed by atoms with E-state index in [0.717, 1.165) is 10.9 Å². The summed E-state index contributed by atoms with van der Waals surface area (Å²) in [5, 5.41) is 6.03. The molecule has 2 amide bonds. The van der Waals surface area contributed by atoms with Gasteiger partial charge in [0.15, 0.2) is 5.65 Å². The second-order valence-electron chi connectivity index (χ2n) is 6.17. The molecular formula is C19H22N6O3. The number of benzene rings is 1. The predicted octanol–water partition coefficient (Wildman–Crippen LogP) is 2.53. The zero-order valence-corrected chi connectivity index (χ0v) is 16.4. The largest absolute Gasteiger partial charge is 0.497 e. The third kappa shape index (κ3) is 3.88. The monoisotopic (exact) mass is 382 g/mol. The first kappa shape index (κ1) is 19.2. The number of pyridine rings is 1. The molecule has 9 nitrogen and oxygen atoms in total. The summed E-state index contributed by atoms with van der Waals surface area (Å²) in [6.45, 7) is 0. The van der Waals surface area contributed by atoms with Crippen molar-refractivity contribution in [1.29, 1.82) is 0 Å². The molecule has 146 valence electrons. The van der Waals surface area contributed by atoms with Crippen LogP contribution in [0.2, 0.25) is 0 Å². The van der Waals surface area contributed by atoms with Gasteiger partial charge in [0.2, 0.25) is 5.95 Å². The fourth-order valence-corrected chi connectivity index (χ4v) is 2.62. The molecule has 0 saturated heterocycles. The molecule has 0 aliphatic rings. The molecule has 0 fully saturated rings. The van der Waals surface area contributed by atoms with Crippen LogP contribution >= 0.6 is 0 Å². The van der Waals surface area contributed by atoms with E-state index in [0.29, 0.717) is 34.5 Å². The highest BCUT2D eigenvalue weighted by atomic mass is 16.5. The summed E-state index contributed by atoms with van der Waals surface area (Å²) in [7, 11) is 8.40. The maximum absolute atomic E-state index is 12.0. The van der Waals surface area contributed by atoms with Gasteiger partial charge in [-0.25, -0.2) is 14.8 Å². The number of hydrogen-bond donors (Lipinski definition) is 2. The van der Waals surface area contributed by atoms with E-state index in [1.54, 1.807) is 31.4 Å². The highest BCUT2D eigenvalue weighted by Gasteiger charge is 2.15. The van der Waals surface area contributed by atoms with Crippen LogP contribution in [0, 0.1) is 0 Å². The summed E-state index contributed by atoms with van der Waals surface area (Å²) in [6, 6.07) is 6.95. The lowest BCUT2D eigenvalue weighted by Crippen LogP contribution is -2.25. The fraction of sp³-hybridized carbons (Fsp3) is 0.263. The SMILES string of the molecule is CNC(=O)Nc1nc2nc(N(C)C)ncc2cc1-c1cc(OC)cc(OC)c1. The van der Waals surface area contributed by atoms with Crippen LogP contribution in [0.15, 0.2) is 30.5 Å². The van der Waals surface area contributed by atoms with Crippen LogP contribution in [-0.4, -0.2) is 56.3 Å². The maximum atomic E-state index is 12.0. The number of ether oxygens (including phenoxy) is 2. The van der Waals surface area contributed by atoms with Crippen LogP contribution in [0.3, 0.4) is 0 Å². The highest BCUT2D eigenvalue weighted by molar-refractivity contribution is 5.96. The number of methoxy groups -OCH3 is 2. The first-order chi connectivity index (χ1) is 13.4. The van der Waals surface area contributed by atoms with Crippen LogP contribution in [0.25, 0.3) is 22.2 Å². The summed E-state index contributed by atoms with van der Waals surface area (Å²) in [5.74, 6) is 2.14. The molecule has 0 spiro atoms. The average molecular weight is 382 g/mol. The van der Waals surface area contributed by atoms with Crippen LogP contribution < -0.4 is 25.0 Å². The Kier molecular flexibility index (Phi) is 5.44. The fourth-order valence-electron chi connectivity index (χ4n) is 2.62. The standard InChI is InChI=1S/C19H22N6O3/c1-20-19(26)24-17-15(11-6-13(27-4)9-14(7-11)28-5)8-12-10-21-18(25(2)3)23-16(12)22-17/h6-10H,1-5H3,(H2,20,21,22,23,24,26). The van der Waals surface area contributed by atoms with Crippen molar-refractivity contribution in [3.63, 3.8) is 0 Å². The highest BCUT2D eigenvalue weighted by Crippen LogP contribution is 2.35. The average Bonchev–Trinajstić information content (AvgIpc) is 2.72. The Bertz CT molecular complexity index is 1000. The van der Waals surface area contributed by atoms with Gasteiger partial charge in [-0.05, 0) is 23.8 Å². The minimum absolute atomic E-state index is 0.366. The molecule has 0 aliphatic heterocycles. The minimum atomic E-state index is -0.384. The summed E-state index contributed by atoms with van der Waals surface area (Å²) in [6.07, 6.45) is 1.70. The zero-order chi connectivity index (χ0) is 20.3. The van der Waals surface area contributed by atoms with E-state index in [2.05, 4.69) is 25.6 Å². The Morgan fingerprint density at radius 2 is 1.71 bits per heavy atom. The molecule has 0 radical (unpaired) electrons. The first-order valence-electron chi connectivity index (χ1n) is 8.52. The Morgan fingerprint density at radius 1 is 1.04 bits per heavy atom. The molecule has 28 heavy (non-hydrogen) atoms. The van der Waals surface area contributed by atoms with E-state index >= 15 is 0 Å². The van der Waals surface area contributed by atoms with Crippen molar-refractivity contribution in [3.8, 4) is 22.6 Å². The van der Waals surface area contributed by atoms with Crippen molar-refractivity contribution in [2.45, 2.75) is 0 Å². The number of nitrogens with one attached hydrogen (secondary N) is 2. The number of amides is 2. The Balaban J connectivity index is 2.23. The normalized spacial score (nSPS) is 10.5. The number of carbonyl (C=O) groups is 1. The predicted molar refractivity (Wildman–Crippen MR) is 108 cm³/mol. The Hall–Kier alpha value is -3.62. The van der Waals surface area contributed by atoms with E-state index in [9.17, 15) is 4.79 Å². The van der Waals surface area contributed by atoms with Gasteiger partial charge >= 0.3 is 6.03 Å². The van der Waals surface area contributed by atoms with Crippen molar-refractivity contribution in [2.24, 2.45) is 0 Å². The molecule has 2 aromatic heterocycles. The lowest BCUT2D eigenvalue weighted by Gasteiger charge is -2.15. The van der Waals surface area contributed by atoms with Gasteiger partial charge in [0, 0.05) is 44.4 Å². The van der Waals surface area contributed by atoms with Crippen LogP contribution in [0.4, 0.5) is 16.6 Å². The summed E-state index contributed by atoms with van der Waals surface area (Å²) in [4.78, 5) is 27.1. The van der Waals surface area contributed by atoms with E-state index in [4.69, 9.17) is 9.47 Å². The van der Waals surface area contributed by atoms with Crippen molar-refractivity contribution >= 4 is 28.8 Å². The number of urea groups is 1. The molecule has 0 aliphatic carbocycles. The van der Waals surface area contributed by atoms with Crippen molar-refractivity contribution in [1.82, 2.24) is 20.3 Å². The Morgan fingerprint density at radius 3 is 2.29 bits per heavy atom. The van der Waals surface area contributed by atoms with Gasteiger partial charge in [-0.15, -0.1) is 0 Å². The van der Waals surface area contributed by atoms with Gasteiger partial charge < -0.3 is 19.7 Å². The van der Waals surface area contributed by atoms with Crippen molar-refractivity contribution < 1.29 is 14.3 Å². The lowest BCUT2D eigenvalue weighted by atomic mass is 10.0. The van der Waals surface area contributed by atoms with Gasteiger partial charge in [-0.2, -0.15) is 4.98 Å². The number of carbonyl (C=O) groups excluding carboxylic acids is 1. The topological polar surface area (TPSA) is 102 Å². The summed E-state index contributed by atoms with van der Waals surface area (Å²) >= 11 is 0. The number of aromatic nitrogens is 3. The van der Waals surface area contributed by atoms with Gasteiger partial charge in [0.05, 0.1) is 14.2 Å². The second-order valence-corrected chi connectivity index (χ2v) is 6.17. The third-order valence-electron chi connectivity index (χ3n) is 4.08. The van der Waals surface area contributed by atoms with E-state index < -0.39 is 0 Å². The third-order valence-corrected chi connectivity index (χ3v) is 4.08. The number of anilines is 2. The van der Waals surface area contributed by atoms with E-state index in [1.807, 2.05) is 32.3 Å². The molecule has 0 saturated carbocycles.